The molecule has 0 aliphatic rings. The summed E-state index contributed by atoms with van der Waals surface area (Å²) in [4.78, 5) is 0. The predicted octanol–water partition coefficient (Wildman–Crippen LogP) is 1.57. The van der Waals surface area contributed by atoms with E-state index in [-0.39, 0.29) is 11.5 Å². The Balaban J connectivity index is 2.88. The second-order valence-electron chi connectivity index (χ2n) is 4.10. The Hall–Kier alpha value is -0.870. The molecule has 0 unspecified atom stereocenters. The number of aryl methyl sites for hydroxylation is 2. The van der Waals surface area contributed by atoms with Gasteiger partial charge in [0.15, 0.2) is 9.84 Å². The molecule has 0 amide bonds. The monoisotopic (exact) mass is 241 g/mol. The Bertz CT molecular complexity index is 432. The third kappa shape index (κ3) is 3.61. The first-order valence-electron chi connectivity index (χ1n) is 5.42. The van der Waals surface area contributed by atoms with Crippen LogP contribution < -0.4 is 5.73 Å². The van der Waals surface area contributed by atoms with Crippen LogP contribution in [0.25, 0.3) is 0 Å². The Kier molecular flexibility index (Phi) is 4.50. The van der Waals surface area contributed by atoms with Crippen LogP contribution >= 0.6 is 0 Å². The average molecular weight is 241 g/mol. The van der Waals surface area contributed by atoms with Crippen LogP contribution in [0.1, 0.15) is 23.1 Å². The van der Waals surface area contributed by atoms with Crippen molar-refractivity contribution in [3.8, 4) is 0 Å². The third-order valence-electron chi connectivity index (χ3n) is 2.67. The smallest absolute Gasteiger partial charge is 0.154 e. The van der Waals surface area contributed by atoms with E-state index in [0.717, 1.165) is 16.7 Å². The van der Waals surface area contributed by atoms with Crippen LogP contribution in [0.5, 0.6) is 0 Å². The Labute approximate surface area is 97.6 Å². The predicted molar refractivity (Wildman–Crippen MR) is 67.1 cm³/mol. The highest BCUT2D eigenvalue weighted by Crippen LogP contribution is 2.17. The molecule has 0 fully saturated rings. The van der Waals surface area contributed by atoms with Crippen molar-refractivity contribution in [2.24, 2.45) is 5.73 Å². The highest BCUT2D eigenvalue weighted by Gasteiger charge is 2.14. The zero-order chi connectivity index (χ0) is 12.2. The maximum Gasteiger partial charge on any atom is 0.154 e. The van der Waals surface area contributed by atoms with Crippen molar-refractivity contribution >= 4 is 9.84 Å². The van der Waals surface area contributed by atoms with Crippen molar-refractivity contribution in [3.05, 3.63) is 34.9 Å². The average Bonchev–Trinajstić information content (AvgIpc) is 2.21. The molecule has 90 valence electrons. The topological polar surface area (TPSA) is 60.2 Å². The molecule has 0 saturated carbocycles. The minimum absolute atomic E-state index is 0.130. The van der Waals surface area contributed by atoms with E-state index in [9.17, 15) is 8.42 Å². The first kappa shape index (κ1) is 13.2. The van der Waals surface area contributed by atoms with Crippen LogP contribution in [0, 0.1) is 13.8 Å². The van der Waals surface area contributed by atoms with Gasteiger partial charge in [0.05, 0.1) is 11.5 Å². The van der Waals surface area contributed by atoms with Crippen molar-refractivity contribution < 1.29 is 8.42 Å². The molecule has 0 saturated heterocycles. The van der Waals surface area contributed by atoms with Gasteiger partial charge < -0.3 is 5.73 Å². The third-order valence-corrected chi connectivity index (χ3v) is 4.31. The molecule has 4 heteroatoms. The second kappa shape index (κ2) is 5.46. The lowest BCUT2D eigenvalue weighted by Gasteiger charge is -2.10. The van der Waals surface area contributed by atoms with Crippen molar-refractivity contribution in [1.29, 1.82) is 0 Å². The van der Waals surface area contributed by atoms with E-state index in [1.54, 1.807) is 0 Å². The molecule has 1 aromatic rings. The molecule has 3 nitrogen and oxygen atoms in total. The van der Waals surface area contributed by atoms with Gasteiger partial charge in [-0.3, -0.25) is 0 Å². The fourth-order valence-electron chi connectivity index (χ4n) is 1.67. The van der Waals surface area contributed by atoms with Gasteiger partial charge in [-0.1, -0.05) is 18.2 Å². The molecule has 0 heterocycles. The molecule has 0 radical (unpaired) electrons. The molecule has 0 bridgehead atoms. The molecule has 0 atom stereocenters. The number of sulfone groups is 1. The lowest BCUT2D eigenvalue weighted by Crippen LogP contribution is -2.14. The fourth-order valence-corrected chi connectivity index (χ4v) is 3.32. The summed E-state index contributed by atoms with van der Waals surface area (Å²) in [6.07, 6.45) is 0.535. The lowest BCUT2D eigenvalue weighted by molar-refractivity contribution is 0.592. The highest BCUT2D eigenvalue weighted by atomic mass is 32.2. The van der Waals surface area contributed by atoms with E-state index in [2.05, 4.69) is 0 Å². The van der Waals surface area contributed by atoms with Crippen LogP contribution in [-0.2, 0) is 15.6 Å². The molecule has 0 aliphatic heterocycles. The van der Waals surface area contributed by atoms with Crippen molar-refractivity contribution in [2.75, 3.05) is 12.3 Å². The standard InChI is InChI=1S/C12H19NO2S/c1-10-5-3-6-11(2)12(10)9-16(14,15)8-4-7-13/h3,5-6H,4,7-9,13H2,1-2H3. The van der Waals surface area contributed by atoms with E-state index in [4.69, 9.17) is 5.73 Å². The first-order chi connectivity index (χ1) is 7.46. The number of rotatable bonds is 5. The van der Waals surface area contributed by atoms with Gasteiger partial charge in [0.1, 0.15) is 0 Å². The molecule has 0 spiro atoms. The van der Waals surface area contributed by atoms with Gasteiger partial charge in [-0.05, 0) is 43.5 Å². The van der Waals surface area contributed by atoms with Gasteiger partial charge in [0.25, 0.3) is 0 Å². The summed E-state index contributed by atoms with van der Waals surface area (Å²) in [5.41, 5.74) is 8.33. The quantitative estimate of drug-likeness (QED) is 0.851. The molecule has 2 N–H and O–H groups in total. The van der Waals surface area contributed by atoms with Gasteiger partial charge >= 0.3 is 0 Å². The summed E-state index contributed by atoms with van der Waals surface area (Å²) >= 11 is 0. The van der Waals surface area contributed by atoms with Gasteiger partial charge in [-0.2, -0.15) is 0 Å². The summed E-state index contributed by atoms with van der Waals surface area (Å²) in [7, 11) is -3.02. The van der Waals surface area contributed by atoms with E-state index >= 15 is 0 Å². The van der Waals surface area contributed by atoms with E-state index in [0.29, 0.717) is 13.0 Å². The summed E-state index contributed by atoms with van der Waals surface area (Å²) in [6.45, 7) is 4.31. The van der Waals surface area contributed by atoms with Crippen LogP contribution in [0.3, 0.4) is 0 Å². The van der Waals surface area contributed by atoms with E-state index < -0.39 is 9.84 Å². The van der Waals surface area contributed by atoms with E-state index in [1.807, 2.05) is 32.0 Å². The maximum atomic E-state index is 11.8. The van der Waals surface area contributed by atoms with Crippen molar-refractivity contribution in [3.63, 3.8) is 0 Å². The normalized spacial score (nSPS) is 11.7. The summed E-state index contributed by atoms with van der Waals surface area (Å²) in [5, 5.41) is 0. The molecular formula is C12H19NO2S. The lowest BCUT2D eigenvalue weighted by atomic mass is 10.1. The molecule has 0 aromatic heterocycles. The Morgan fingerprint density at radius 2 is 1.75 bits per heavy atom. The minimum Gasteiger partial charge on any atom is -0.330 e. The molecule has 0 aliphatic carbocycles. The zero-order valence-electron chi connectivity index (χ0n) is 9.86. The summed E-state index contributed by atoms with van der Waals surface area (Å²) < 4.78 is 23.6. The fraction of sp³-hybridized carbons (Fsp3) is 0.500. The molecule has 16 heavy (non-hydrogen) atoms. The van der Waals surface area contributed by atoms with Gasteiger partial charge in [-0.15, -0.1) is 0 Å². The molecular weight excluding hydrogens is 222 g/mol. The van der Waals surface area contributed by atoms with Crippen LogP contribution in [0.15, 0.2) is 18.2 Å². The highest BCUT2D eigenvalue weighted by molar-refractivity contribution is 7.90. The van der Waals surface area contributed by atoms with E-state index in [1.165, 1.54) is 0 Å². The minimum atomic E-state index is -3.02. The van der Waals surface area contributed by atoms with Crippen molar-refractivity contribution in [2.45, 2.75) is 26.0 Å². The van der Waals surface area contributed by atoms with Crippen LogP contribution in [0.4, 0.5) is 0 Å². The second-order valence-corrected chi connectivity index (χ2v) is 6.29. The zero-order valence-corrected chi connectivity index (χ0v) is 10.7. The summed E-state index contributed by atoms with van der Waals surface area (Å²) in [5.74, 6) is 0.308. The SMILES string of the molecule is Cc1cccc(C)c1CS(=O)(=O)CCCN. The number of benzene rings is 1. The van der Waals surface area contributed by atoms with Gasteiger partial charge in [0.2, 0.25) is 0 Å². The van der Waals surface area contributed by atoms with Gasteiger partial charge in [-0.25, -0.2) is 8.42 Å². The van der Waals surface area contributed by atoms with Crippen molar-refractivity contribution in [1.82, 2.24) is 0 Å². The molecule has 1 rings (SSSR count). The van der Waals surface area contributed by atoms with Gasteiger partial charge in [0, 0.05) is 0 Å². The largest absolute Gasteiger partial charge is 0.330 e. The van der Waals surface area contributed by atoms with Crippen LogP contribution in [-0.4, -0.2) is 20.7 Å². The Morgan fingerprint density at radius 3 is 2.25 bits per heavy atom. The first-order valence-corrected chi connectivity index (χ1v) is 7.24. The molecule has 1 aromatic carbocycles. The Morgan fingerprint density at radius 1 is 1.19 bits per heavy atom. The number of hydrogen-bond donors (Lipinski definition) is 1. The number of hydrogen-bond acceptors (Lipinski definition) is 3. The summed E-state index contributed by atoms with van der Waals surface area (Å²) in [6, 6.07) is 5.84. The van der Waals surface area contributed by atoms with Crippen LogP contribution in [0.2, 0.25) is 0 Å². The maximum absolute atomic E-state index is 11.8. The number of nitrogens with two attached hydrogens (primary N) is 1.